The molecule has 0 saturated carbocycles. The summed E-state index contributed by atoms with van der Waals surface area (Å²) in [6.07, 6.45) is 1.74. The van der Waals surface area contributed by atoms with Crippen LogP contribution in [0, 0.1) is 6.92 Å². The fourth-order valence-corrected chi connectivity index (χ4v) is 2.95. The van der Waals surface area contributed by atoms with Gasteiger partial charge in [-0.3, -0.25) is 4.55 Å². The molecule has 0 saturated heterocycles. The number of benzene rings is 2. The van der Waals surface area contributed by atoms with Crippen molar-refractivity contribution in [3.8, 4) is 0 Å². The number of esters is 1. The van der Waals surface area contributed by atoms with E-state index in [1.807, 2.05) is 25.1 Å². The molecular weight excluding hydrogens is 342 g/mol. The van der Waals surface area contributed by atoms with Crippen LogP contribution in [0.5, 0.6) is 0 Å². The van der Waals surface area contributed by atoms with Crippen molar-refractivity contribution in [2.24, 2.45) is 0 Å². The Hall–Kier alpha value is -2.38. The molecule has 2 aromatic carbocycles. The van der Waals surface area contributed by atoms with Crippen molar-refractivity contribution in [3.05, 3.63) is 59.7 Å². The van der Waals surface area contributed by atoms with Crippen LogP contribution in [0.2, 0.25) is 0 Å². The topological polar surface area (TPSA) is 92.7 Å². The Morgan fingerprint density at radius 2 is 1.80 bits per heavy atom. The van der Waals surface area contributed by atoms with Crippen LogP contribution in [0.4, 0.5) is 5.69 Å². The maximum atomic E-state index is 11.3. The predicted molar refractivity (Wildman–Crippen MR) is 95.2 cm³/mol. The molecular formula is C18H21NO5S. The van der Waals surface area contributed by atoms with Gasteiger partial charge >= 0.3 is 5.97 Å². The van der Waals surface area contributed by atoms with E-state index in [4.69, 9.17) is 9.29 Å². The molecule has 0 aliphatic carbocycles. The molecule has 0 bridgehead atoms. The second-order valence-electron chi connectivity index (χ2n) is 5.70. The zero-order valence-corrected chi connectivity index (χ0v) is 14.9. The molecule has 6 nitrogen and oxygen atoms in total. The van der Waals surface area contributed by atoms with Gasteiger partial charge in [-0.1, -0.05) is 35.9 Å². The van der Waals surface area contributed by atoms with Crippen LogP contribution >= 0.6 is 0 Å². The van der Waals surface area contributed by atoms with Crippen LogP contribution in [-0.2, 0) is 26.1 Å². The first kappa shape index (κ1) is 19.0. The van der Waals surface area contributed by atoms with Gasteiger partial charge < -0.3 is 10.1 Å². The summed E-state index contributed by atoms with van der Waals surface area (Å²) in [5.41, 5.74) is 3.28. The van der Waals surface area contributed by atoms with Gasteiger partial charge in [-0.2, -0.15) is 8.42 Å². The lowest BCUT2D eigenvalue weighted by Crippen LogP contribution is -2.34. The average molecular weight is 363 g/mol. The smallest absolute Gasteiger partial charge is 0.328 e. The van der Waals surface area contributed by atoms with Crippen molar-refractivity contribution in [1.29, 1.82) is 0 Å². The summed E-state index contributed by atoms with van der Waals surface area (Å²) in [7, 11) is -2.60. The lowest BCUT2D eigenvalue weighted by molar-refractivity contribution is -0.141. The van der Waals surface area contributed by atoms with Gasteiger partial charge in [-0.25, -0.2) is 4.79 Å². The molecule has 1 aliphatic heterocycles. The number of anilines is 1. The normalized spacial score (nSPS) is 15.9. The summed E-state index contributed by atoms with van der Waals surface area (Å²) < 4.78 is 34.3. The van der Waals surface area contributed by atoms with Crippen LogP contribution in [0.1, 0.15) is 17.5 Å². The first-order valence-electron chi connectivity index (χ1n) is 7.77. The molecule has 0 unspecified atom stereocenters. The van der Waals surface area contributed by atoms with Crippen molar-refractivity contribution in [2.75, 3.05) is 12.4 Å². The third kappa shape index (κ3) is 5.30. The maximum absolute atomic E-state index is 11.3. The van der Waals surface area contributed by atoms with Crippen LogP contribution in [-0.4, -0.2) is 32.1 Å². The molecule has 2 aromatic rings. The minimum atomic E-state index is -4.02. The summed E-state index contributed by atoms with van der Waals surface area (Å²) in [5.74, 6) is -0.181. The maximum Gasteiger partial charge on any atom is 0.328 e. The van der Waals surface area contributed by atoms with Crippen molar-refractivity contribution in [1.82, 2.24) is 0 Å². The Bertz CT molecular complexity index is 831. The van der Waals surface area contributed by atoms with E-state index in [0.29, 0.717) is 0 Å². The highest BCUT2D eigenvalue weighted by molar-refractivity contribution is 7.85. The summed E-state index contributed by atoms with van der Waals surface area (Å²) in [4.78, 5) is 11.2. The summed E-state index contributed by atoms with van der Waals surface area (Å²) in [6.45, 7) is 1.84. The number of ether oxygens (including phenoxy) is 1. The second kappa shape index (κ2) is 8.13. The Balaban J connectivity index is 0.000000186. The van der Waals surface area contributed by atoms with Crippen molar-refractivity contribution in [2.45, 2.75) is 30.7 Å². The van der Waals surface area contributed by atoms with Crippen molar-refractivity contribution >= 4 is 21.8 Å². The van der Waals surface area contributed by atoms with Crippen LogP contribution < -0.4 is 5.32 Å². The highest BCUT2D eigenvalue weighted by Gasteiger charge is 2.23. The van der Waals surface area contributed by atoms with Gasteiger partial charge in [0.05, 0.1) is 12.0 Å². The van der Waals surface area contributed by atoms with Gasteiger partial charge in [0.1, 0.15) is 6.04 Å². The Kier molecular flexibility index (Phi) is 6.17. The highest BCUT2D eigenvalue weighted by atomic mass is 32.2. The van der Waals surface area contributed by atoms with E-state index in [1.54, 1.807) is 12.1 Å². The Morgan fingerprint density at radius 3 is 2.40 bits per heavy atom. The van der Waals surface area contributed by atoms with Crippen LogP contribution in [0.3, 0.4) is 0 Å². The summed E-state index contributed by atoms with van der Waals surface area (Å²) in [6, 6.07) is 13.8. The van der Waals surface area contributed by atoms with E-state index in [-0.39, 0.29) is 16.9 Å². The van der Waals surface area contributed by atoms with E-state index in [1.165, 1.54) is 24.8 Å². The van der Waals surface area contributed by atoms with Gasteiger partial charge in [0.15, 0.2) is 0 Å². The Labute approximate surface area is 147 Å². The lowest BCUT2D eigenvalue weighted by Gasteiger charge is -2.24. The minimum absolute atomic E-state index is 0.0666. The molecule has 0 fully saturated rings. The average Bonchev–Trinajstić information content (AvgIpc) is 2.60. The van der Waals surface area contributed by atoms with Gasteiger partial charge in [0, 0.05) is 5.69 Å². The van der Waals surface area contributed by atoms with Gasteiger partial charge in [0.2, 0.25) is 0 Å². The molecule has 0 amide bonds. The second-order valence-corrected chi connectivity index (χ2v) is 7.13. The largest absolute Gasteiger partial charge is 0.467 e. The fraction of sp³-hybridized carbons (Fsp3) is 0.278. The molecule has 1 heterocycles. The molecule has 0 aromatic heterocycles. The number of carbonyl (C=O) groups is 1. The summed E-state index contributed by atoms with van der Waals surface area (Å²) >= 11 is 0. The zero-order chi connectivity index (χ0) is 18.4. The number of carbonyl (C=O) groups excluding carboxylic acids is 1. The third-order valence-corrected chi connectivity index (χ3v) is 4.72. The predicted octanol–water partition coefficient (Wildman–Crippen LogP) is 2.83. The number of fused-ring (bicyclic) bond motifs is 1. The number of hydrogen-bond donors (Lipinski definition) is 2. The zero-order valence-electron chi connectivity index (χ0n) is 14.1. The van der Waals surface area contributed by atoms with E-state index in [9.17, 15) is 13.2 Å². The van der Waals surface area contributed by atoms with Gasteiger partial charge in [0.25, 0.3) is 10.1 Å². The monoisotopic (exact) mass is 363 g/mol. The van der Waals surface area contributed by atoms with Crippen LogP contribution in [0.25, 0.3) is 0 Å². The minimum Gasteiger partial charge on any atom is -0.467 e. The molecule has 25 heavy (non-hydrogen) atoms. The molecule has 1 aliphatic rings. The van der Waals surface area contributed by atoms with E-state index < -0.39 is 10.1 Å². The number of rotatable bonds is 2. The number of methoxy groups -OCH3 is 1. The first-order chi connectivity index (χ1) is 11.8. The SMILES string of the molecule is COC(=O)[C@@H]1CCc2ccccc2N1.Cc1ccc(S(=O)(=O)O)cc1. The van der Waals surface area contributed by atoms with Crippen LogP contribution in [0.15, 0.2) is 53.4 Å². The molecule has 2 N–H and O–H groups in total. The number of nitrogens with one attached hydrogen (secondary N) is 1. The standard InChI is InChI=1S/C11H13NO2.C7H8O3S/c1-14-11(13)10-7-6-8-4-2-3-5-9(8)12-10;1-6-2-4-7(5-3-6)11(8,9)10/h2-5,10,12H,6-7H2,1H3;2-5H,1H3,(H,8,9,10)/t10-;/m0./s1. The molecule has 0 radical (unpaired) electrons. The molecule has 1 atom stereocenters. The van der Waals surface area contributed by atoms with E-state index in [2.05, 4.69) is 11.4 Å². The highest BCUT2D eigenvalue weighted by Crippen LogP contribution is 2.24. The quantitative estimate of drug-likeness (QED) is 0.630. The lowest BCUT2D eigenvalue weighted by atomic mass is 9.98. The molecule has 0 spiro atoms. The summed E-state index contributed by atoms with van der Waals surface area (Å²) in [5, 5.41) is 3.17. The number of hydrogen-bond acceptors (Lipinski definition) is 5. The number of aryl methyl sites for hydroxylation is 2. The first-order valence-corrected chi connectivity index (χ1v) is 9.21. The Morgan fingerprint density at radius 1 is 1.16 bits per heavy atom. The van der Waals surface area contributed by atoms with Crippen molar-refractivity contribution in [3.63, 3.8) is 0 Å². The van der Waals surface area contributed by atoms with E-state index in [0.717, 1.165) is 24.1 Å². The van der Waals surface area contributed by atoms with E-state index >= 15 is 0 Å². The number of para-hydroxylation sites is 1. The molecule has 3 rings (SSSR count). The van der Waals surface area contributed by atoms with Gasteiger partial charge in [-0.15, -0.1) is 0 Å². The third-order valence-electron chi connectivity index (χ3n) is 3.85. The van der Waals surface area contributed by atoms with Crippen molar-refractivity contribution < 1.29 is 22.5 Å². The molecule has 134 valence electrons. The molecule has 7 heteroatoms. The van der Waals surface area contributed by atoms with Gasteiger partial charge in [-0.05, 0) is 43.5 Å². The fourth-order valence-electron chi connectivity index (χ4n) is 2.47.